The molecule has 0 radical (unpaired) electrons. The van der Waals surface area contributed by atoms with Crippen molar-refractivity contribution in [1.29, 1.82) is 0 Å². The molecular weight excluding hydrogens is 426 g/mol. The van der Waals surface area contributed by atoms with E-state index in [0.717, 1.165) is 36.6 Å². The van der Waals surface area contributed by atoms with Gasteiger partial charge in [-0.05, 0) is 43.0 Å². The van der Waals surface area contributed by atoms with Crippen LogP contribution in [-0.2, 0) is 11.2 Å². The molecule has 7 nitrogen and oxygen atoms in total. The van der Waals surface area contributed by atoms with Crippen molar-refractivity contribution in [3.05, 3.63) is 64.7 Å². The number of hydrogen-bond donors (Lipinski definition) is 0. The molecule has 166 valence electrons. The molecule has 8 heteroatoms. The minimum atomic E-state index is -0.501. The average Bonchev–Trinajstić information content (AvgIpc) is 3.37. The van der Waals surface area contributed by atoms with Gasteiger partial charge in [0.05, 0.1) is 0 Å². The van der Waals surface area contributed by atoms with Crippen LogP contribution in [0.2, 0.25) is 5.02 Å². The first kappa shape index (κ1) is 20.8. The van der Waals surface area contributed by atoms with Gasteiger partial charge in [0.25, 0.3) is 5.91 Å². The number of hydrogen-bond acceptors (Lipinski definition) is 5. The number of likely N-dealkylation sites (N-methyl/N-ethyl adjacent to an activating group) is 1. The van der Waals surface area contributed by atoms with Gasteiger partial charge in [-0.25, -0.2) is 9.79 Å². The first-order valence-corrected chi connectivity index (χ1v) is 11.3. The van der Waals surface area contributed by atoms with Crippen LogP contribution in [0.4, 0.5) is 10.5 Å². The standard InChI is InChI=1S/C24H26ClN5O2/c1-16-10-11-18(15-19(16)25)28-13-14-29-20-21(26-23(28)29)27(2)24(32)30(22(20)31)12-6-9-17-7-4-3-5-8-17/h3-5,7-8,10-11,15,20-21H,6,9,12-14H2,1-2H3. The Balaban J connectivity index is 1.34. The number of amides is 3. The Labute approximate surface area is 192 Å². The Morgan fingerprint density at radius 2 is 1.88 bits per heavy atom. The number of rotatable bonds is 5. The van der Waals surface area contributed by atoms with E-state index in [1.165, 1.54) is 10.5 Å². The molecule has 2 atom stereocenters. The van der Waals surface area contributed by atoms with Gasteiger partial charge in [-0.2, -0.15) is 0 Å². The third kappa shape index (κ3) is 3.41. The van der Waals surface area contributed by atoms with Crippen LogP contribution in [0.15, 0.2) is 53.5 Å². The summed E-state index contributed by atoms with van der Waals surface area (Å²) in [4.78, 5) is 38.3. The quantitative estimate of drug-likeness (QED) is 0.699. The Morgan fingerprint density at radius 3 is 2.62 bits per heavy atom. The molecule has 32 heavy (non-hydrogen) atoms. The van der Waals surface area contributed by atoms with Gasteiger partial charge in [0.2, 0.25) is 5.96 Å². The predicted molar refractivity (Wildman–Crippen MR) is 125 cm³/mol. The summed E-state index contributed by atoms with van der Waals surface area (Å²) in [5, 5.41) is 0.699. The minimum absolute atomic E-state index is 0.159. The van der Waals surface area contributed by atoms with Crippen molar-refractivity contribution < 1.29 is 9.59 Å². The number of urea groups is 1. The van der Waals surface area contributed by atoms with E-state index < -0.39 is 12.2 Å². The van der Waals surface area contributed by atoms with Crippen LogP contribution in [0.25, 0.3) is 0 Å². The summed E-state index contributed by atoms with van der Waals surface area (Å²) in [6, 6.07) is 15.3. The second-order valence-electron chi connectivity index (χ2n) is 8.54. The summed E-state index contributed by atoms with van der Waals surface area (Å²) in [7, 11) is 1.73. The van der Waals surface area contributed by atoms with Crippen molar-refractivity contribution in [2.45, 2.75) is 32.0 Å². The van der Waals surface area contributed by atoms with Crippen LogP contribution >= 0.6 is 11.6 Å². The van der Waals surface area contributed by atoms with Gasteiger partial charge in [-0.3, -0.25) is 9.69 Å². The highest BCUT2D eigenvalue weighted by molar-refractivity contribution is 6.31. The number of anilines is 1. The molecule has 0 aliphatic carbocycles. The predicted octanol–water partition coefficient (Wildman–Crippen LogP) is 3.36. The number of guanidine groups is 1. The van der Waals surface area contributed by atoms with Gasteiger partial charge in [0.15, 0.2) is 12.2 Å². The van der Waals surface area contributed by atoms with E-state index in [1.54, 1.807) is 11.9 Å². The van der Waals surface area contributed by atoms with Crippen LogP contribution in [0, 0.1) is 6.92 Å². The van der Waals surface area contributed by atoms with Crippen molar-refractivity contribution in [3.63, 3.8) is 0 Å². The molecule has 2 saturated heterocycles. The fourth-order valence-electron chi connectivity index (χ4n) is 4.72. The molecule has 0 aromatic heterocycles. The topological polar surface area (TPSA) is 59.5 Å². The molecule has 5 rings (SSSR count). The highest BCUT2D eigenvalue weighted by atomic mass is 35.5. The fraction of sp³-hybridized carbons (Fsp3) is 0.375. The lowest BCUT2D eigenvalue weighted by molar-refractivity contribution is -0.137. The highest BCUT2D eigenvalue weighted by Gasteiger charge is 2.54. The fourth-order valence-corrected chi connectivity index (χ4v) is 4.90. The van der Waals surface area contributed by atoms with Crippen LogP contribution in [0.1, 0.15) is 17.5 Å². The van der Waals surface area contributed by atoms with Crippen molar-refractivity contribution in [2.75, 3.05) is 31.6 Å². The van der Waals surface area contributed by atoms with Gasteiger partial charge >= 0.3 is 6.03 Å². The Bertz CT molecular complexity index is 1090. The second-order valence-corrected chi connectivity index (χ2v) is 8.95. The van der Waals surface area contributed by atoms with E-state index in [4.69, 9.17) is 16.6 Å². The first-order valence-electron chi connectivity index (χ1n) is 11.0. The molecular formula is C24H26ClN5O2. The van der Waals surface area contributed by atoms with Crippen molar-refractivity contribution >= 4 is 35.2 Å². The summed E-state index contributed by atoms with van der Waals surface area (Å²) in [6.07, 6.45) is 1.05. The number of imide groups is 1. The lowest BCUT2D eigenvalue weighted by Crippen LogP contribution is -2.64. The van der Waals surface area contributed by atoms with Crippen LogP contribution in [-0.4, -0.2) is 71.5 Å². The van der Waals surface area contributed by atoms with Crippen molar-refractivity contribution in [3.8, 4) is 0 Å². The van der Waals surface area contributed by atoms with Crippen molar-refractivity contribution in [2.24, 2.45) is 4.99 Å². The summed E-state index contributed by atoms with van der Waals surface area (Å²) in [5.74, 6) is 0.577. The summed E-state index contributed by atoms with van der Waals surface area (Å²) < 4.78 is 0. The van der Waals surface area contributed by atoms with Gasteiger partial charge in [0.1, 0.15) is 0 Å². The van der Waals surface area contributed by atoms with Crippen LogP contribution in [0.5, 0.6) is 0 Å². The molecule has 3 amide bonds. The molecule has 2 aromatic carbocycles. The molecule has 0 spiro atoms. The molecule has 0 bridgehead atoms. The molecule has 0 N–H and O–H groups in total. The number of aliphatic imine (C=N–C) groups is 1. The van der Waals surface area contributed by atoms with E-state index >= 15 is 0 Å². The van der Waals surface area contributed by atoms with Crippen LogP contribution < -0.4 is 4.90 Å². The van der Waals surface area contributed by atoms with Gasteiger partial charge in [-0.1, -0.05) is 48.0 Å². The average molecular weight is 452 g/mol. The monoisotopic (exact) mass is 451 g/mol. The molecule has 2 aromatic rings. The number of benzene rings is 2. The van der Waals surface area contributed by atoms with E-state index in [1.807, 2.05) is 48.2 Å². The van der Waals surface area contributed by atoms with Crippen LogP contribution in [0.3, 0.4) is 0 Å². The summed E-state index contributed by atoms with van der Waals surface area (Å²) in [6.45, 7) is 3.77. The highest BCUT2D eigenvalue weighted by Crippen LogP contribution is 2.34. The summed E-state index contributed by atoms with van der Waals surface area (Å²) >= 11 is 6.34. The molecule has 3 aliphatic heterocycles. The number of fused-ring (bicyclic) bond motifs is 3. The first-order chi connectivity index (χ1) is 15.5. The number of halogens is 1. The molecule has 3 heterocycles. The lowest BCUT2D eigenvalue weighted by atomic mass is 10.1. The van der Waals surface area contributed by atoms with Gasteiger partial charge in [-0.15, -0.1) is 0 Å². The largest absolute Gasteiger partial charge is 0.328 e. The molecule has 0 saturated carbocycles. The summed E-state index contributed by atoms with van der Waals surface area (Å²) in [5.41, 5.74) is 3.16. The smallest absolute Gasteiger partial charge is 0.325 e. The SMILES string of the molecule is Cc1ccc(N2CCN3C2=NC2C3C(=O)N(CCCc3ccccc3)C(=O)N2C)cc1Cl. The maximum Gasteiger partial charge on any atom is 0.328 e. The maximum atomic E-state index is 13.4. The normalized spacial score (nSPS) is 22.4. The zero-order valence-electron chi connectivity index (χ0n) is 18.2. The molecule has 2 unspecified atom stereocenters. The van der Waals surface area contributed by atoms with E-state index in [2.05, 4.69) is 17.0 Å². The third-order valence-electron chi connectivity index (χ3n) is 6.53. The number of carbonyl (C=O) groups is 2. The number of carbonyl (C=O) groups excluding carboxylic acids is 2. The zero-order valence-corrected chi connectivity index (χ0v) is 19.0. The Morgan fingerprint density at radius 1 is 1.09 bits per heavy atom. The van der Waals surface area contributed by atoms with Crippen molar-refractivity contribution in [1.82, 2.24) is 14.7 Å². The molecule has 3 aliphatic rings. The third-order valence-corrected chi connectivity index (χ3v) is 6.94. The maximum absolute atomic E-state index is 13.4. The van der Waals surface area contributed by atoms with E-state index in [9.17, 15) is 9.59 Å². The van der Waals surface area contributed by atoms with Gasteiger partial charge < -0.3 is 14.7 Å². The zero-order chi connectivity index (χ0) is 22.4. The van der Waals surface area contributed by atoms with Gasteiger partial charge in [0, 0.05) is 37.4 Å². The Hall–Kier alpha value is -3.06. The number of aryl methyl sites for hydroxylation is 2. The number of nitrogens with zero attached hydrogens (tertiary/aromatic N) is 5. The van der Waals surface area contributed by atoms with E-state index in [0.29, 0.717) is 18.1 Å². The minimum Gasteiger partial charge on any atom is -0.325 e. The second kappa shape index (κ2) is 8.13. The lowest BCUT2D eigenvalue weighted by Gasteiger charge is -2.40. The molecule has 2 fully saturated rings. The van der Waals surface area contributed by atoms with E-state index in [-0.39, 0.29) is 11.9 Å². The Kier molecular flexibility index (Phi) is 5.29.